The number of pyridine rings is 1. The lowest BCUT2D eigenvalue weighted by molar-refractivity contribution is 0.323. The van der Waals surface area contributed by atoms with Crippen LogP contribution in [0.15, 0.2) is 59.4 Å². The number of nitrogens with two attached hydrogens (primary N) is 1. The van der Waals surface area contributed by atoms with E-state index in [-0.39, 0.29) is 0 Å². The molecule has 3 aromatic rings. The lowest BCUT2D eigenvalue weighted by Crippen LogP contribution is -2.34. The molecule has 1 atom stereocenters. The Morgan fingerprint density at radius 2 is 1.81 bits per heavy atom. The first-order chi connectivity index (χ1) is 10.2. The number of benzene rings is 1. The number of aromatic nitrogens is 3. The van der Waals surface area contributed by atoms with Gasteiger partial charge in [-0.25, -0.2) is 0 Å². The lowest BCUT2D eigenvalue weighted by Gasteiger charge is -2.20. The largest absolute Gasteiger partial charge is 0.337 e. The van der Waals surface area contributed by atoms with Crippen molar-refractivity contribution in [1.29, 1.82) is 0 Å². The molecule has 0 amide bonds. The van der Waals surface area contributed by atoms with Gasteiger partial charge >= 0.3 is 0 Å². The van der Waals surface area contributed by atoms with Gasteiger partial charge in [-0.15, -0.1) is 0 Å². The Kier molecular flexibility index (Phi) is 3.50. The second-order valence-corrected chi connectivity index (χ2v) is 5.12. The van der Waals surface area contributed by atoms with Crippen LogP contribution in [-0.2, 0) is 12.0 Å². The second-order valence-electron chi connectivity index (χ2n) is 5.12. The van der Waals surface area contributed by atoms with E-state index in [0.717, 1.165) is 11.1 Å². The van der Waals surface area contributed by atoms with Crippen molar-refractivity contribution in [2.45, 2.75) is 18.9 Å². The zero-order chi connectivity index (χ0) is 14.7. The molecule has 1 aromatic carbocycles. The highest BCUT2D eigenvalue weighted by molar-refractivity contribution is 5.29. The quantitative estimate of drug-likeness (QED) is 0.793. The fourth-order valence-corrected chi connectivity index (χ4v) is 2.13. The molecule has 0 radical (unpaired) electrons. The minimum atomic E-state index is -0.801. The predicted octanol–water partition coefficient (Wildman–Crippen LogP) is 2.28. The summed E-state index contributed by atoms with van der Waals surface area (Å²) in [5.74, 6) is 1.03. The molecule has 3 rings (SSSR count). The number of hydrogen-bond donors (Lipinski definition) is 1. The molecule has 21 heavy (non-hydrogen) atoms. The van der Waals surface area contributed by atoms with Crippen LogP contribution in [0.4, 0.5) is 0 Å². The number of hydrogen-bond acceptors (Lipinski definition) is 5. The van der Waals surface area contributed by atoms with Crippen LogP contribution in [0.1, 0.15) is 29.8 Å². The highest BCUT2D eigenvalue weighted by Crippen LogP contribution is 2.25. The molecule has 5 nitrogen and oxygen atoms in total. The zero-order valence-electron chi connectivity index (χ0n) is 11.7. The zero-order valence-corrected chi connectivity index (χ0v) is 11.7. The summed E-state index contributed by atoms with van der Waals surface area (Å²) in [5.41, 5.74) is 7.57. The summed E-state index contributed by atoms with van der Waals surface area (Å²) in [6, 6.07) is 13.6. The van der Waals surface area contributed by atoms with E-state index in [1.54, 1.807) is 12.4 Å². The first kappa shape index (κ1) is 13.5. The first-order valence-corrected chi connectivity index (χ1v) is 6.72. The van der Waals surface area contributed by atoms with Gasteiger partial charge in [0.15, 0.2) is 5.82 Å². The number of nitrogens with zero attached hydrogens (tertiary/aromatic N) is 3. The molecule has 1 unspecified atom stereocenters. The van der Waals surface area contributed by atoms with E-state index >= 15 is 0 Å². The first-order valence-electron chi connectivity index (χ1n) is 6.72. The lowest BCUT2D eigenvalue weighted by atomic mass is 9.93. The van der Waals surface area contributed by atoms with Gasteiger partial charge in [-0.3, -0.25) is 4.98 Å². The molecule has 2 aromatic heterocycles. The van der Waals surface area contributed by atoms with Crippen molar-refractivity contribution in [2.75, 3.05) is 0 Å². The molecule has 106 valence electrons. The van der Waals surface area contributed by atoms with E-state index in [1.807, 2.05) is 49.4 Å². The van der Waals surface area contributed by atoms with Crippen LogP contribution >= 0.6 is 0 Å². The summed E-state index contributed by atoms with van der Waals surface area (Å²) in [5, 5.41) is 4.02. The summed E-state index contributed by atoms with van der Waals surface area (Å²) in [4.78, 5) is 8.42. The molecule has 0 aliphatic carbocycles. The van der Waals surface area contributed by atoms with Crippen molar-refractivity contribution in [2.24, 2.45) is 5.73 Å². The smallest absolute Gasteiger partial charge is 0.251 e. The summed E-state index contributed by atoms with van der Waals surface area (Å²) in [7, 11) is 0. The second kappa shape index (κ2) is 5.46. The molecule has 5 heteroatoms. The van der Waals surface area contributed by atoms with E-state index in [1.165, 1.54) is 0 Å². The van der Waals surface area contributed by atoms with Gasteiger partial charge in [-0.05, 0) is 30.2 Å². The average Bonchev–Trinajstić information content (AvgIpc) is 2.98. The minimum absolute atomic E-state index is 0.415. The Balaban J connectivity index is 1.85. The molecule has 0 aliphatic rings. The van der Waals surface area contributed by atoms with E-state index in [4.69, 9.17) is 10.3 Å². The minimum Gasteiger partial charge on any atom is -0.337 e. The van der Waals surface area contributed by atoms with Gasteiger partial charge in [0.2, 0.25) is 0 Å². The third-order valence-electron chi connectivity index (χ3n) is 3.40. The fraction of sp³-hybridized carbons (Fsp3) is 0.188. The van der Waals surface area contributed by atoms with E-state index < -0.39 is 5.54 Å². The Labute approximate surface area is 122 Å². The average molecular weight is 280 g/mol. The monoisotopic (exact) mass is 280 g/mol. The summed E-state index contributed by atoms with van der Waals surface area (Å²) >= 11 is 0. The molecule has 0 saturated carbocycles. The maximum Gasteiger partial charge on any atom is 0.251 e. The van der Waals surface area contributed by atoms with Crippen molar-refractivity contribution in [3.05, 3.63) is 77.7 Å². The van der Waals surface area contributed by atoms with Crippen LogP contribution in [0.2, 0.25) is 0 Å². The third kappa shape index (κ3) is 2.83. The molecule has 0 saturated heterocycles. The molecule has 2 N–H and O–H groups in total. The maximum atomic E-state index is 6.36. The van der Waals surface area contributed by atoms with Crippen LogP contribution in [0, 0.1) is 0 Å². The number of rotatable bonds is 4. The summed E-state index contributed by atoms with van der Waals surface area (Å²) in [6.07, 6.45) is 4.08. The molecule has 0 fully saturated rings. The van der Waals surface area contributed by atoms with Crippen molar-refractivity contribution in [3.63, 3.8) is 0 Å². The molecular weight excluding hydrogens is 264 g/mol. The highest BCUT2D eigenvalue weighted by Gasteiger charge is 2.30. The Morgan fingerprint density at radius 1 is 1.10 bits per heavy atom. The Bertz CT molecular complexity index is 707. The standard InChI is InChI=1S/C16H16N4O/c1-16(17,13-5-3-2-4-6-13)15-19-14(20-21-15)11-12-7-9-18-10-8-12/h2-10H,11,17H2,1H3. The molecule has 0 spiro atoms. The van der Waals surface area contributed by atoms with Crippen molar-refractivity contribution < 1.29 is 4.52 Å². The fourth-order valence-electron chi connectivity index (χ4n) is 2.13. The maximum absolute atomic E-state index is 6.36. The van der Waals surface area contributed by atoms with Gasteiger partial charge in [-0.1, -0.05) is 35.5 Å². The normalized spacial score (nSPS) is 13.8. The van der Waals surface area contributed by atoms with Crippen LogP contribution < -0.4 is 5.73 Å². The van der Waals surface area contributed by atoms with E-state index in [2.05, 4.69) is 15.1 Å². The van der Waals surface area contributed by atoms with Gasteiger partial charge in [-0.2, -0.15) is 4.98 Å². The third-order valence-corrected chi connectivity index (χ3v) is 3.40. The van der Waals surface area contributed by atoms with Gasteiger partial charge in [0.25, 0.3) is 5.89 Å². The molecule has 2 heterocycles. The Morgan fingerprint density at radius 3 is 2.52 bits per heavy atom. The van der Waals surface area contributed by atoms with Gasteiger partial charge < -0.3 is 10.3 Å². The molecule has 0 aliphatic heterocycles. The van der Waals surface area contributed by atoms with Crippen molar-refractivity contribution >= 4 is 0 Å². The molecule has 0 bridgehead atoms. The van der Waals surface area contributed by atoms with Crippen molar-refractivity contribution in [1.82, 2.24) is 15.1 Å². The van der Waals surface area contributed by atoms with E-state index in [0.29, 0.717) is 18.1 Å². The van der Waals surface area contributed by atoms with Crippen LogP contribution in [0.3, 0.4) is 0 Å². The van der Waals surface area contributed by atoms with E-state index in [9.17, 15) is 0 Å². The van der Waals surface area contributed by atoms with Gasteiger partial charge in [0, 0.05) is 18.8 Å². The van der Waals surface area contributed by atoms with Crippen LogP contribution in [0.25, 0.3) is 0 Å². The van der Waals surface area contributed by atoms with Gasteiger partial charge in [0.1, 0.15) is 5.54 Å². The topological polar surface area (TPSA) is 77.8 Å². The van der Waals surface area contributed by atoms with Crippen LogP contribution in [-0.4, -0.2) is 15.1 Å². The highest BCUT2D eigenvalue weighted by atomic mass is 16.5. The van der Waals surface area contributed by atoms with Crippen molar-refractivity contribution in [3.8, 4) is 0 Å². The SMILES string of the molecule is CC(N)(c1ccccc1)c1nc(Cc2ccncc2)no1. The molecular formula is C16H16N4O. The Hall–Kier alpha value is -2.53. The summed E-state index contributed by atoms with van der Waals surface area (Å²) < 4.78 is 5.35. The predicted molar refractivity (Wildman–Crippen MR) is 78.4 cm³/mol. The van der Waals surface area contributed by atoms with Crippen LogP contribution in [0.5, 0.6) is 0 Å². The van der Waals surface area contributed by atoms with Gasteiger partial charge in [0.05, 0.1) is 0 Å². The summed E-state index contributed by atoms with van der Waals surface area (Å²) in [6.45, 7) is 1.87.